The maximum absolute atomic E-state index is 11.9. The van der Waals surface area contributed by atoms with Crippen molar-refractivity contribution in [1.29, 1.82) is 0 Å². The van der Waals surface area contributed by atoms with Crippen LogP contribution in [0.2, 0.25) is 0 Å². The third kappa shape index (κ3) is 3.57. The van der Waals surface area contributed by atoms with E-state index in [1.165, 1.54) is 19.4 Å². The number of rotatable bonds is 5. The molecule has 2 rings (SSSR count). The van der Waals surface area contributed by atoms with Gasteiger partial charge in [0.15, 0.2) is 10.9 Å². The molecule has 0 saturated carbocycles. The standard InChI is InChI=1S/C13H13N5O5S/c1-6-11(24-13(14)16-6)12(20)17-15-5-7-3-8(18(21)22)10(19)9(4-7)23-2/h3-5,19H,1-2H3,(H2,14,16)(H,17,20)/b15-5+. The fraction of sp³-hybridized carbons (Fsp3) is 0.154. The van der Waals surface area contributed by atoms with Gasteiger partial charge in [0.25, 0.3) is 5.91 Å². The average molecular weight is 351 g/mol. The predicted octanol–water partition coefficient (Wildman–Crippen LogP) is 1.42. The van der Waals surface area contributed by atoms with Crippen LogP contribution in [0, 0.1) is 17.0 Å². The number of carbonyl (C=O) groups is 1. The minimum absolute atomic E-state index is 0.0805. The molecule has 2 aromatic rings. The third-order valence-electron chi connectivity index (χ3n) is 2.89. The summed E-state index contributed by atoms with van der Waals surface area (Å²) in [5.74, 6) is -1.17. The van der Waals surface area contributed by atoms with Gasteiger partial charge in [-0.05, 0) is 13.0 Å². The van der Waals surface area contributed by atoms with E-state index >= 15 is 0 Å². The summed E-state index contributed by atoms with van der Waals surface area (Å²) in [7, 11) is 1.26. The zero-order valence-electron chi connectivity index (χ0n) is 12.6. The number of thiazole rings is 1. The number of amides is 1. The molecule has 10 nitrogen and oxygen atoms in total. The Labute approximate surface area is 139 Å². The van der Waals surface area contributed by atoms with Gasteiger partial charge in [-0.25, -0.2) is 10.4 Å². The number of carbonyl (C=O) groups excluding carboxylic acids is 1. The number of aromatic hydroxyl groups is 1. The first kappa shape index (κ1) is 17.1. The summed E-state index contributed by atoms with van der Waals surface area (Å²) < 4.78 is 4.87. The van der Waals surface area contributed by atoms with Crippen LogP contribution in [0.4, 0.5) is 10.8 Å². The van der Waals surface area contributed by atoms with Gasteiger partial charge >= 0.3 is 5.69 Å². The fourth-order valence-electron chi connectivity index (χ4n) is 1.83. The molecule has 0 unspecified atom stereocenters. The van der Waals surface area contributed by atoms with E-state index in [1.807, 2.05) is 0 Å². The van der Waals surface area contributed by atoms with E-state index in [4.69, 9.17) is 10.5 Å². The van der Waals surface area contributed by atoms with Crippen LogP contribution < -0.4 is 15.9 Å². The van der Waals surface area contributed by atoms with Crippen molar-refractivity contribution in [3.05, 3.63) is 38.4 Å². The number of aromatic nitrogens is 1. The van der Waals surface area contributed by atoms with Gasteiger partial charge in [0.1, 0.15) is 4.88 Å². The number of nitrogens with one attached hydrogen (secondary N) is 1. The maximum Gasteiger partial charge on any atom is 0.315 e. The van der Waals surface area contributed by atoms with Crippen molar-refractivity contribution in [2.75, 3.05) is 12.8 Å². The number of aryl methyl sites for hydroxylation is 1. The molecule has 1 aromatic carbocycles. The quantitative estimate of drug-likeness (QED) is 0.418. The molecule has 0 atom stereocenters. The number of nitrogens with two attached hydrogens (primary N) is 1. The molecule has 0 aliphatic carbocycles. The third-order valence-corrected chi connectivity index (χ3v) is 3.88. The molecule has 0 saturated heterocycles. The highest BCUT2D eigenvalue weighted by Gasteiger charge is 2.19. The molecule has 0 radical (unpaired) electrons. The highest BCUT2D eigenvalue weighted by atomic mass is 32.1. The van der Waals surface area contributed by atoms with Gasteiger partial charge in [-0.15, -0.1) is 0 Å². The van der Waals surface area contributed by atoms with Crippen LogP contribution in [0.1, 0.15) is 20.9 Å². The van der Waals surface area contributed by atoms with Crippen molar-refractivity contribution >= 4 is 34.3 Å². The Kier molecular flexibility index (Phi) is 4.94. The Hall–Kier alpha value is -3.21. The first-order valence-electron chi connectivity index (χ1n) is 6.45. The smallest absolute Gasteiger partial charge is 0.315 e. The number of hydrogen-bond donors (Lipinski definition) is 3. The van der Waals surface area contributed by atoms with E-state index in [1.54, 1.807) is 6.92 Å². The Bertz CT molecular complexity index is 832. The zero-order valence-corrected chi connectivity index (χ0v) is 13.5. The van der Waals surface area contributed by atoms with Crippen LogP contribution in [-0.4, -0.2) is 34.2 Å². The summed E-state index contributed by atoms with van der Waals surface area (Å²) in [6.07, 6.45) is 1.19. The number of methoxy groups -OCH3 is 1. The second-order valence-electron chi connectivity index (χ2n) is 4.51. The lowest BCUT2D eigenvalue weighted by Gasteiger charge is -2.05. The number of anilines is 1. The van der Waals surface area contributed by atoms with Crippen LogP contribution in [0.5, 0.6) is 11.5 Å². The van der Waals surface area contributed by atoms with Crippen molar-refractivity contribution in [2.45, 2.75) is 6.92 Å². The molecule has 4 N–H and O–H groups in total. The number of phenols is 1. The van der Waals surface area contributed by atoms with Gasteiger partial charge in [-0.1, -0.05) is 11.3 Å². The van der Waals surface area contributed by atoms with Crippen molar-refractivity contribution in [3.8, 4) is 11.5 Å². The van der Waals surface area contributed by atoms with E-state index in [-0.39, 0.29) is 16.4 Å². The molecule has 0 bridgehead atoms. The largest absolute Gasteiger partial charge is 0.500 e. The molecule has 126 valence electrons. The highest BCUT2D eigenvalue weighted by Crippen LogP contribution is 2.36. The van der Waals surface area contributed by atoms with Gasteiger partial charge in [0.05, 0.1) is 23.9 Å². The minimum Gasteiger partial charge on any atom is -0.500 e. The predicted molar refractivity (Wildman–Crippen MR) is 87.6 cm³/mol. The van der Waals surface area contributed by atoms with Crippen molar-refractivity contribution < 1.29 is 19.6 Å². The number of phenolic OH excluding ortho intramolecular Hbond substituents is 1. The summed E-state index contributed by atoms with van der Waals surface area (Å²) in [6.45, 7) is 1.64. The molecular formula is C13H13N5O5S. The summed E-state index contributed by atoms with van der Waals surface area (Å²) in [5.41, 5.74) is 8.00. The number of nitrogens with zero attached hydrogens (tertiary/aromatic N) is 3. The molecule has 0 fully saturated rings. The average Bonchev–Trinajstić information content (AvgIpc) is 2.86. The molecule has 1 aromatic heterocycles. The lowest BCUT2D eigenvalue weighted by molar-refractivity contribution is -0.386. The first-order valence-corrected chi connectivity index (χ1v) is 7.26. The number of hydrazone groups is 1. The molecular weight excluding hydrogens is 338 g/mol. The minimum atomic E-state index is -0.753. The van der Waals surface area contributed by atoms with Crippen LogP contribution in [-0.2, 0) is 0 Å². The zero-order chi connectivity index (χ0) is 17.9. The normalized spacial score (nSPS) is 10.8. The summed E-state index contributed by atoms with van der Waals surface area (Å²) in [5, 5.41) is 24.6. The number of nitro benzene ring substituents is 1. The van der Waals surface area contributed by atoms with Crippen LogP contribution in [0.3, 0.4) is 0 Å². The molecule has 11 heteroatoms. The molecule has 0 aliphatic heterocycles. The molecule has 1 heterocycles. The number of nitrogen functional groups attached to an aromatic ring is 1. The second kappa shape index (κ2) is 6.91. The van der Waals surface area contributed by atoms with E-state index in [0.29, 0.717) is 10.6 Å². The summed E-state index contributed by atoms with van der Waals surface area (Å²) in [6, 6.07) is 2.44. The molecule has 0 aliphatic rings. The number of ether oxygens (including phenoxy) is 1. The Balaban J connectivity index is 2.20. The van der Waals surface area contributed by atoms with Gasteiger partial charge in [0, 0.05) is 11.6 Å². The maximum atomic E-state index is 11.9. The molecule has 0 spiro atoms. The summed E-state index contributed by atoms with van der Waals surface area (Å²) >= 11 is 1.02. The van der Waals surface area contributed by atoms with E-state index in [2.05, 4.69) is 15.5 Å². The van der Waals surface area contributed by atoms with E-state index in [0.717, 1.165) is 17.4 Å². The van der Waals surface area contributed by atoms with Gasteiger partial charge < -0.3 is 15.6 Å². The second-order valence-corrected chi connectivity index (χ2v) is 5.54. The fourth-order valence-corrected chi connectivity index (χ4v) is 2.55. The van der Waals surface area contributed by atoms with E-state index < -0.39 is 22.3 Å². The topological polar surface area (TPSA) is 153 Å². The lowest BCUT2D eigenvalue weighted by Crippen LogP contribution is -2.17. The van der Waals surface area contributed by atoms with E-state index in [9.17, 15) is 20.0 Å². The number of nitro groups is 1. The Morgan fingerprint density at radius 2 is 2.29 bits per heavy atom. The van der Waals surface area contributed by atoms with Gasteiger partial charge in [-0.3, -0.25) is 14.9 Å². The molecule has 1 amide bonds. The van der Waals surface area contributed by atoms with Crippen LogP contribution >= 0.6 is 11.3 Å². The van der Waals surface area contributed by atoms with Crippen molar-refractivity contribution in [3.63, 3.8) is 0 Å². The van der Waals surface area contributed by atoms with Gasteiger partial charge in [-0.2, -0.15) is 5.10 Å². The SMILES string of the molecule is COc1cc(/C=N/NC(=O)c2sc(N)nc2C)cc([N+](=O)[O-])c1O. The van der Waals surface area contributed by atoms with Crippen LogP contribution in [0.25, 0.3) is 0 Å². The van der Waals surface area contributed by atoms with Crippen LogP contribution in [0.15, 0.2) is 17.2 Å². The van der Waals surface area contributed by atoms with Crippen molar-refractivity contribution in [2.24, 2.45) is 5.10 Å². The Morgan fingerprint density at radius 1 is 1.58 bits per heavy atom. The molecule has 24 heavy (non-hydrogen) atoms. The first-order chi connectivity index (χ1) is 11.3. The Morgan fingerprint density at radius 3 is 2.83 bits per heavy atom. The van der Waals surface area contributed by atoms with Gasteiger partial charge in [0.2, 0.25) is 5.75 Å². The summed E-state index contributed by atoms with van der Waals surface area (Å²) in [4.78, 5) is 26.3. The number of benzene rings is 1. The lowest BCUT2D eigenvalue weighted by atomic mass is 10.2. The highest BCUT2D eigenvalue weighted by molar-refractivity contribution is 7.17. The monoisotopic (exact) mass is 351 g/mol. The van der Waals surface area contributed by atoms with Crippen molar-refractivity contribution in [1.82, 2.24) is 10.4 Å². The number of hydrogen-bond acceptors (Lipinski definition) is 9.